The summed E-state index contributed by atoms with van der Waals surface area (Å²) in [6, 6.07) is 15.0. The highest BCUT2D eigenvalue weighted by Gasteiger charge is 2.22. The molecule has 0 amide bonds. The Bertz CT molecular complexity index is 950. The van der Waals surface area contributed by atoms with Crippen molar-refractivity contribution in [1.29, 1.82) is 0 Å². The molecule has 0 saturated heterocycles. The van der Waals surface area contributed by atoms with Gasteiger partial charge in [0.05, 0.1) is 24.6 Å². The molecule has 0 radical (unpaired) electrons. The van der Waals surface area contributed by atoms with Crippen molar-refractivity contribution in [3.8, 4) is 11.5 Å². The molecule has 4 rings (SSSR count). The normalized spacial score (nSPS) is 13.1. The minimum absolute atomic E-state index is 0.0270. The van der Waals surface area contributed by atoms with Crippen molar-refractivity contribution in [2.45, 2.75) is 6.54 Å². The summed E-state index contributed by atoms with van der Waals surface area (Å²) in [5, 5.41) is 0.669. The molecule has 6 nitrogen and oxygen atoms in total. The van der Waals surface area contributed by atoms with Crippen LogP contribution in [0.4, 0.5) is 5.95 Å². The van der Waals surface area contributed by atoms with Gasteiger partial charge in [0.25, 0.3) is 5.56 Å². The number of hydrogen-bond donors (Lipinski definition) is 0. The van der Waals surface area contributed by atoms with Gasteiger partial charge in [-0.05, 0) is 36.4 Å². The van der Waals surface area contributed by atoms with Crippen LogP contribution < -0.4 is 19.9 Å². The van der Waals surface area contributed by atoms with Gasteiger partial charge in [-0.15, -0.1) is 0 Å². The lowest BCUT2D eigenvalue weighted by atomic mass is 10.2. The topological polar surface area (TPSA) is 56.6 Å². The van der Waals surface area contributed by atoms with Crippen LogP contribution in [0.1, 0.15) is 0 Å². The first kappa shape index (κ1) is 15.5. The maximum Gasteiger partial charge on any atom is 0.262 e. The SMILES string of the molecule is COc1ccc(OCCN2CCn3c2nc2ccccc2c3=O)cc1. The molecule has 6 heteroatoms. The van der Waals surface area contributed by atoms with Crippen LogP contribution in [0.2, 0.25) is 0 Å². The van der Waals surface area contributed by atoms with Crippen LogP contribution in [0.3, 0.4) is 0 Å². The fraction of sp³-hybridized carbons (Fsp3) is 0.263. The molecule has 0 unspecified atom stereocenters. The van der Waals surface area contributed by atoms with E-state index in [1.54, 1.807) is 11.7 Å². The second-order valence-electron chi connectivity index (χ2n) is 5.90. The molecule has 2 aromatic carbocycles. The number of nitrogens with zero attached hydrogens (tertiary/aromatic N) is 3. The number of para-hydroxylation sites is 1. The quantitative estimate of drug-likeness (QED) is 0.715. The molecule has 0 bridgehead atoms. The van der Waals surface area contributed by atoms with E-state index in [4.69, 9.17) is 9.47 Å². The maximum atomic E-state index is 12.6. The van der Waals surface area contributed by atoms with Crippen LogP contribution in [-0.2, 0) is 6.54 Å². The average molecular weight is 337 g/mol. The molecular weight excluding hydrogens is 318 g/mol. The molecule has 2 heterocycles. The lowest BCUT2D eigenvalue weighted by Gasteiger charge is -2.17. The molecule has 3 aromatic rings. The molecule has 0 saturated carbocycles. The highest BCUT2D eigenvalue weighted by molar-refractivity contribution is 5.78. The molecule has 1 aliphatic rings. The van der Waals surface area contributed by atoms with Crippen LogP contribution >= 0.6 is 0 Å². The van der Waals surface area contributed by atoms with E-state index < -0.39 is 0 Å². The Morgan fingerprint density at radius 2 is 1.80 bits per heavy atom. The fourth-order valence-electron chi connectivity index (χ4n) is 3.08. The Hall–Kier alpha value is -3.02. The van der Waals surface area contributed by atoms with E-state index in [0.717, 1.165) is 29.5 Å². The first-order valence-corrected chi connectivity index (χ1v) is 8.27. The summed E-state index contributed by atoms with van der Waals surface area (Å²) in [5.41, 5.74) is 0.765. The standard InChI is InChI=1S/C19H19N3O3/c1-24-14-6-8-15(9-7-14)25-13-12-21-10-11-22-18(23)16-4-2-3-5-17(16)20-19(21)22/h2-9H,10-13H2,1H3. The summed E-state index contributed by atoms with van der Waals surface area (Å²) in [7, 11) is 1.64. The van der Waals surface area contributed by atoms with Crippen molar-refractivity contribution in [2.75, 3.05) is 31.7 Å². The smallest absolute Gasteiger partial charge is 0.262 e. The van der Waals surface area contributed by atoms with E-state index in [1.807, 2.05) is 48.5 Å². The Morgan fingerprint density at radius 1 is 1.04 bits per heavy atom. The van der Waals surface area contributed by atoms with Crippen LogP contribution in [0.25, 0.3) is 10.9 Å². The average Bonchev–Trinajstić information content (AvgIpc) is 3.06. The Morgan fingerprint density at radius 3 is 2.60 bits per heavy atom. The number of methoxy groups -OCH3 is 1. The lowest BCUT2D eigenvalue weighted by molar-refractivity contribution is 0.323. The third kappa shape index (κ3) is 2.91. The largest absolute Gasteiger partial charge is 0.497 e. The number of benzene rings is 2. The molecule has 0 aliphatic carbocycles. The van der Waals surface area contributed by atoms with Crippen LogP contribution in [0.5, 0.6) is 11.5 Å². The predicted octanol–water partition coefficient (Wildman–Crippen LogP) is 2.30. The number of rotatable bonds is 5. The van der Waals surface area contributed by atoms with Gasteiger partial charge in [-0.2, -0.15) is 0 Å². The molecule has 1 aromatic heterocycles. The summed E-state index contributed by atoms with van der Waals surface area (Å²) < 4.78 is 12.7. The van der Waals surface area contributed by atoms with Crippen molar-refractivity contribution in [1.82, 2.24) is 9.55 Å². The van der Waals surface area contributed by atoms with Gasteiger partial charge >= 0.3 is 0 Å². The number of hydrogen-bond acceptors (Lipinski definition) is 5. The van der Waals surface area contributed by atoms with E-state index in [9.17, 15) is 4.79 Å². The van der Waals surface area contributed by atoms with Gasteiger partial charge < -0.3 is 14.4 Å². The van der Waals surface area contributed by atoms with Crippen molar-refractivity contribution in [2.24, 2.45) is 0 Å². The number of fused-ring (bicyclic) bond motifs is 2. The summed E-state index contributed by atoms with van der Waals surface area (Å²) in [5.74, 6) is 2.32. The third-order valence-electron chi connectivity index (χ3n) is 4.41. The number of anilines is 1. The monoisotopic (exact) mass is 337 g/mol. The van der Waals surface area contributed by atoms with Crippen LogP contribution in [-0.4, -0.2) is 36.4 Å². The minimum Gasteiger partial charge on any atom is -0.497 e. The minimum atomic E-state index is 0.0270. The molecule has 0 atom stereocenters. The van der Waals surface area contributed by atoms with Gasteiger partial charge in [0.2, 0.25) is 5.95 Å². The van der Waals surface area contributed by atoms with Gasteiger partial charge in [0.15, 0.2) is 0 Å². The Labute approximate surface area is 145 Å². The van der Waals surface area contributed by atoms with Crippen molar-refractivity contribution >= 4 is 16.9 Å². The van der Waals surface area contributed by atoms with Gasteiger partial charge in [-0.1, -0.05) is 12.1 Å². The third-order valence-corrected chi connectivity index (χ3v) is 4.41. The van der Waals surface area contributed by atoms with E-state index in [-0.39, 0.29) is 5.56 Å². The van der Waals surface area contributed by atoms with Gasteiger partial charge in [0.1, 0.15) is 18.1 Å². The molecule has 0 fully saturated rings. The van der Waals surface area contributed by atoms with Gasteiger partial charge in [0, 0.05) is 13.1 Å². The summed E-state index contributed by atoms with van der Waals surface area (Å²) in [6.07, 6.45) is 0. The highest BCUT2D eigenvalue weighted by Crippen LogP contribution is 2.20. The molecule has 0 spiro atoms. The lowest BCUT2D eigenvalue weighted by Crippen LogP contribution is -2.27. The summed E-state index contributed by atoms with van der Waals surface area (Å²) in [6.45, 7) is 2.63. The van der Waals surface area contributed by atoms with Gasteiger partial charge in [-0.3, -0.25) is 9.36 Å². The van der Waals surface area contributed by atoms with Crippen LogP contribution in [0, 0.1) is 0 Å². The second kappa shape index (κ2) is 6.47. The van der Waals surface area contributed by atoms with E-state index in [2.05, 4.69) is 9.88 Å². The summed E-state index contributed by atoms with van der Waals surface area (Å²) in [4.78, 5) is 19.3. The molecule has 25 heavy (non-hydrogen) atoms. The van der Waals surface area contributed by atoms with E-state index >= 15 is 0 Å². The first-order valence-electron chi connectivity index (χ1n) is 8.27. The van der Waals surface area contributed by atoms with E-state index in [0.29, 0.717) is 25.1 Å². The van der Waals surface area contributed by atoms with Crippen LogP contribution in [0.15, 0.2) is 53.3 Å². The first-order chi connectivity index (χ1) is 12.3. The Kier molecular flexibility index (Phi) is 4.01. The zero-order chi connectivity index (χ0) is 17.2. The highest BCUT2D eigenvalue weighted by atomic mass is 16.5. The maximum absolute atomic E-state index is 12.6. The van der Waals surface area contributed by atoms with Gasteiger partial charge in [-0.25, -0.2) is 4.98 Å². The predicted molar refractivity (Wildman–Crippen MR) is 96.7 cm³/mol. The van der Waals surface area contributed by atoms with Crippen molar-refractivity contribution in [3.63, 3.8) is 0 Å². The fourth-order valence-corrected chi connectivity index (χ4v) is 3.08. The number of ether oxygens (including phenoxy) is 2. The molecular formula is C19H19N3O3. The number of aromatic nitrogens is 2. The van der Waals surface area contributed by atoms with Crippen molar-refractivity contribution < 1.29 is 9.47 Å². The Balaban J connectivity index is 1.48. The molecule has 1 aliphatic heterocycles. The zero-order valence-electron chi connectivity index (χ0n) is 14.0. The molecule has 128 valence electrons. The zero-order valence-corrected chi connectivity index (χ0v) is 14.0. The molecule has 0 N–H and O–H groups in total. The summed E-state index contributed by atoms with van der Waals surface area (Å²) >= 11 is 0. The van der Waals surface area contributed by atoms with Crippen molar-refractivity contribution in [3.05, 3.63) is 58.9 Å². The van der Waals surface area contributed by atoms with E-state index in [1.165, 1.54) is 0 Å². The second-order valence-corrected chi connectivity index (χ2v) is 5.90.